The zero-order chi connectivity index (χ0) is 12.3. The highest BCUT2D eigenvalue weighted by molar-refractivity contribution is 6.30. The molecule has 5 heteroatoms. The van der Waals surface area contributed by atoms with Crippen LogP contribution in [-0.4, -0.2) is 15.9 Å². The van der Waals surface area contributed by atoms with Gasteiger partial charge in [0.05, 0.1) is 0 Å². The summed E-state index contributed by atoms with van der Waals surface area (Å²) in [6.07, 6.45) is 3.13. The number of rotatable bonds is 2. The number of carbonyl (C=O) groups is 1. The molecule has 86 valence electrons. The molecule has 0 aromatic carbocycles. The Balaban J connectivity index is 2.17. The predicted octanol–water partition coefficient (Wildman–Crippen LogP) is 2.69. The van der Waals surface area contributed by atoms with Crippen LogP contribution in [0.4, 0.5) is 5.82 Å². The lowest BCUT2D eigenvalue weighted by atomic mass is 10.2. The summed E-state index contributed by atoms with van der Waals surface area (Å²) < 4.78 is 0. The van der Waals surface area contributed by atoms with Gasteiger partial charge in [0.15, 0.2) is 0 Å². The molecule has 0 unspecified atom stereocenters. The number of pyridine rings is 2. The van der Waals surface area contributed by atoms with Crippen LogP contribution in [0.2, 0.25) is 5.02 Å². The van der Waals surface area contributed by atoms with E-state index in [1.54, 1.807) is 30.5 Å². The van der Waals surface area contributed by atoms with Crippen LogP contribution in [-0.2, 0) is 0 Å². The summed E-state index contributed by atoms with van der Waals surface area (Å²) in [5.41, 5.74) is 1.33. The van der Waals surface area contributed by atoms with Crippen molar-refractivity contribution < 1.29 is 4.79 Å². The Hall–Kier alpha value is -1.94. The molecule has 1 amide bonds. The van der Waals surface area contributed by atoms with Gasteiger partial charge in [0.25, 0.3) is 5.91 Å². The Kier molecular flexibility index (Phi) is 3.35. The molecule has 0 aliphatic heterocycles. The molecule has 2 aromatic rings. The van der Waals surface area contributed by atoms with Gasteiger partial charge in [0, 0.05) is 28.7 Å². The van der Waals surface area contributed by atoms with Gasteiger partial charge < -0.3 is 5.32 Å². The van der Waals surface area contributed by atoms with Gasteiger partial charge in [0.2, 0.25) is 0 Å². The van der Waals surface area contributed by atoms with E-state index < -0.39 is 0 Å². The number of aryl methyl sites for hydroxylation is 1. The van der Waals surface area contributed by atoms with Crippen LogP contribution < -0.4 is 5.32 Å². The van der Waals surface area contributed by atoms with Gasteiger partial charge >= 0.3 is 0 Å². The zero-order valence-electron chi connectivity index (χ0n) is 9.14. The maximum absolute atomic E-state index is 11.9. The highest BCUT2D eigenvalue weighted by Gasteiger charge is 2.07. The molecule has 0 spiro atoms. The number of nitrogens with one attached hydrogen (secondary N) is 1. The Morgan fingerprint density at radius 2 is 2.00 bits per heavy atom. The van der Waals surface area contributed by atoms with Crippen molar-refractivity contribution in [2.24, 2.45) is 0 Å². The average Bonchev–Trinajstić information content (AvgIpc) is 2.29. The van der Waals surface area contributed by atoms with Crippen LogP contribution in [0, 0.1) is 6.92 Å². The highest BCUT2D eigenvalue weighted by Crippen LogP contribution is 2.13. The molecule has 0 atom stereocenters. The molecule has 0 saturated heterocycles. The van der Waals surface area contributed by atoms with Crippen LogP contribution >= 0.6 is 11.6 Å². The fraction of sp³-hybridized carbons (Fsp3) is 0.0833. The summed E-state index contributed by atoms with van der Waals surface area (Å²) in [5, 5.41) is 3.19. The maximum Gasteiger partial charge on any atom is 0.256 e. The van der Waals surface area contributed by atoms with Gasteiger partial charge in [-0.15, -0.1) is 0 Å². The molecule has 17 heavy (non-hydrogen) atoms. The van der Waals surface area contributed by atoms with Crippen LogP contribution in [0.5, 0.6) is 0 Å². The van der Waals surface area contributed by atoms with E-state index in [4.69, 9.17) is 11.6 Å². The number of carbonyl (C=O) groups excluding carboxylic acids is 1. The molecule has 0 aliphatic carbocycles. The number of hydrogen-bond acceptors (Lipinski definition) is 3. The van der Waals surface area contributed by atoms with Crippen molar-refractivity contribution in [2.45, 2.75) is 6.92 Å². The molecular formula is C12H10ClN3O. The first-order valence-electron chi connectivity index (χ1n) is 5.01. The molecule has 2 heterocycles. The van der Waals surface area contributed by atoms with Crippen molar-refractivity contribution in [1.82, 2.24) is 9.97 Å². The summed E-state index contributed by atoms with van der Waals surface area (Å²) in [6, 6.07) is 6.59. The highest BCUT2D eigenvalue weighted by atomic mass is 35.5. The van der Waals surface area contributed by atoms with Crippen molar-refractivity contribution in [2.75, 3.05) is 5.32 Å². The fourth-order valence-corrected chi connectivity index (χ4v) is 1.51. The van der Waals surface area contributed by atoms with Gasteiger partial charge in [-0.3, -0.25) is 9.78 Å². The van der Waals surface area contributed by atoms with Crippen LogP contribution in [0.3, 0.4) is 0 Å². The van der Waals surface area contributed by atoms with Crippen molar-refractivity contribution >= 4 is 23.3 Å². The molecule has 1 N–H and O–H groups in total. The van der Waals surface area contributed by atoms with E-state index >= 15 is 0 Å². The molecule has 2 aromatic heterocycles. The van der Waals surface area contributed by atoms with Crippen molar-refractivity contribution in [1.29, 1.82) is 0 Å². The van der Waals surface area contributed by atoms with Crippen LogP contribution in [0.25, 0.3) is 0 Å². The molecule has 0 bridgehead atoms. The second-order valence-corrected chi connectivity index (χ2v) is 3.94. The second-order valence-electron chi connectivity index (χ2n) is 3.50. The van der Waals surface area contributed by atoms with Crippen molar-refractivity contribution in [3.8, 4) is 0 Å². The Morgan fingerprint density at radius 3 is 2.71 bits per heavy atom. The lowest BCUT2D eigenvalue weighted by Gasteiger charge is -2.04. The topological polar surface area (TPSA) is 54.9 Å². The van der Waals surface area contributed by atoms with E-state index in [2.05, 4.69) is 15.3 Å². The van der Waals surface area contributed by atoms with E-state index in [0.29, 0.717) is 16.4 Å². The smallest absolute Gasteiger partial charge is 0.256 e. The number of hydrogen-bond donors (Lipinski definition) is 1. The Bertz CT molecular complexity index is 557. The molecular weight excluding hydrogens is 238 g/mol. The van der Waals surface area contributed by atoms with Gasteiger partial charge in [0.1, 0.15) is 5.82 Å². The molecule has 0 saturated carbocycles. The third-order valence-corrected chi connectivity index (χ3v) is 2.36. The third-order valence-electron chi connectivity index (χ3n) is 2.12. The minimum absolute atomic E-state index is 0.231. The van der Waals surface area contributed by atoms with Gasteiger partial charge in [-0.1, -0.05) is 11.6 Å². The summed E-state index contributed by atoms with van der Waals surface area (Å²) in [5.74, 6) is 0.197. The van der Waals surface area contributed by atoms with Crippen LogP contribution in [0.1, 0.15) is 16.1 Å². The predicted molar refractivity (Wildman–Crippen MR) is 66.2 cm³/mol. The van der Waals surface area contributed by atoms with E-state index in [9.17, 15) is 4.79 Å². The van der Waals surface area contributed by atoms with Crippen LogP contribution in [0.15, 0.2) is 36.7 Å². The number of amides is 1. The van der Waals surface area contributed by atoms with E-state index in [-0.39, 0.29) is 5.91 Å². The minimum atomic E-state index is -0.231. The number of anilines is 1. The fourth-order valence-electron chi connectivity index (χ4n) is 1.35. The van der Waals surface area contributed by atoms with Gasteiger partial charge in [-0.25, -0.2) is 4.98 Å². The largest absolute Gasteiger partial charge is 0.307 e. The van der Waals surface area contributed by atoms with E-state index in [1.807, 2.05) is 6.92 Å². The number of halogens is 1. The standard InChI is InChI=1S/C12H10ClN3O/c1-8-6-9(2-4-14-8)12(17)16-11-7-10(13)3-5-15-11/h2-7H,1H3,(H,15,16,17). The molecule has 0 fully saturated rings. The molecule has 0 aliphatic rings. The lowest BCUT2D eigenvalue weighted by Crippen LogP contribution is -2.13. The first-order chi connectivity index (χ1) is 8.15. The third kappa shape index (κ3) is 3.01. The molecule has 0 radical (unpaired) electrons. The second kappa shape index (κ2) is 4.93. The quantitative estimate of drug-likeness (QED) is 0.888. The molecule has 4 nitrogen and oxygen atoms in total. The zero-order valence-corrected chi connectivity index (χ0v) is 9.90. The van der Waals surface area contributed by atoms with Crippen molar-refractivity contribution in [3.63, 3.8) is 0 Å². The van der Waals surface area contributed by atoms with E-state index in [0.717, 1.165) is 5.69 Å². The maximum atomic E-state index is 11.9. The Morgan fingerprint density at radius 1 is 1.24 bits per heavy atom. The van der Waals surface area contributed by atoms with E-state index in [1.165, 1.54) is 6.20 Å². The average molecular weight is 248 g/mol. The molecule has 2 rings (SSSR count). The number of nitrogens with zero attached hydrogens (tertiary/aromatic N) is 2. The summed E-state index contributed by atoms with van der Waals surface area (Å²) in [6.45, 7) is 1.83. The summed E-state index contributed by atoms with van der Waals surface area (Å²) in [4.78, 5) is 19.9. The summed E-state index contributed by atoms with van der Waals surface area (Å²) >= 11 is 5.80. The van der Waals surface area contributed by atoms with Gasteiger partial charge in [-0.2, -0.15) is 0 Å². The Labute approximate surface area is 104 Å². The number of aromatic nitrogens is 2. The monoisotopic (exact) mass is 247 g/mol. The minimum Gasteiger partial charge on any atom is -0.307 e. The normalized spacial score (nSPS) is 10.0. The SMILES string of the molecule is Cc1cc(C(=O)Nc2cc(Cl)ccn2)ccn1. The van der Waals surface area contributed by atoms with Gasteiger partial charge in [-0.05, 0) is 31.2 Å². The van der Waals surface area contributed by atoms with Crippen molar-refractivity contribution in [3.05, 3.63) is 52.9 Å². The first-order valence-corrected chi connectivity index (χ1v) is 5.38. The summed E-state index contributed by atoms with van der Waals surface area (Å²) in [7, 11) is 0. The lowest BCUT2D eigenvalue weighted by molar-refractivity contribution is 0.102. The first kappa shape index (κ1) is 11.5.